The first-order chi connectivity index (χ1) is 8.78. The molecule has 2 aromatic rings. The van der Waals surface area contributed by atoms with Gasteiger partial charge in [-0.2, -0.15) is 0 Å². The van der Waals surface area contributed by atoms with E-state index < -0.39 is 0 Å². The summed E-state index contributed by atoms with van der Waals surface area (Å²) in [4.78, 5) is 10.5. The number of rotatable bonds is 5. The number of ether oxygens (including phenoxy) is 1. The molecule has 0 saturated heterocycles. The summed E-state index contributed by atoms with van der Waals surface area (Å²) in [6.45, 7) is 0.622. The van der Waals surface area contributed by atoms with E-state index >= 15 is 0 Å². The fraction of sp³-hybridized carbons (Fsp3) is 0.133. The third kappa shape index (κ3) is 3.70. The van der Waals surface area contributed by atoms with Crippen LogP contribution in [0.5, 0.6) is 5.75 Å². The normalized spacial score (nSPS) is 10.1. The van der Waals surface area contributed by atoms with Gasteiger partial charge in [-0.3, -0.25) is 4.79 Å². The predicted molar refractivity (Wildman–Crippen MR) is 75.2 cm³/mol. The van der Waals surface area contributed by atoms with Crippen LogP contribution in [0.25, 0.3) is 0 Å². The Labute approximate surface area is 115 Å². The highest BCUT2D eigenvalue weighted by atomic mass is 79.9. The predicted octanol–water partition coefficient (Wildman–Crippen LogP) is 3.88. The van der Waals surface area contributed by atoms with Crippen molar-refractivity contribution in [1.82, 2.24) is 0 Å². The van der Waals surface area contributed by atoms with Crippen LogP contribution in [0, 0.1) is 0 Å². The van der Waals surface area contributed by atoms with Gasteiger partial charge in [0.1, 0.15) is 12.0 Å². The Morgan fingerprint density at radius 1 is 1.11 bits per heavy atom. The molecule has 92 valence electrons. The highest BCUT2D eigenvalue weighted by Crippen LogP contribution is 2.17. The number of carbonyl (C=O) groups is 1. The molecule has 0 unspecified atom stereocenters. The third-order valence-corrected chi connectivity index (χ3v) is 3.06. The van der Waals surface area contributed by atoms with Crippen LogP contribution in [0.1, 0.15) is 15.9 Å². The Kier molecular flexibility index (Phi) is 4.53. The minimum atomic E-state index is 0.622. The molecule has 0 fully saturated rings. The molecule has 2 rings (SSSR count). The van der Waals surface area contributed by atoms with Gasteiger partial charge >= 0.3 is 0 Å². The first-order valence-corrected chi connectivity index (χ1v) is 6.50. The average Bonchev–Trinajstić information content (AvgIpc) is 2.40. The van der Waals surface area contributed by atoms with Gasteiger partial charge in [-0.1, -0.05) is 46.3 Å². The van der Waals surface area contributed by atoms with Gasteiger partial charge in [0.05, 0.1) is 6.61 Å². The Bertz CT molecular complexity index is 520. The molecular weight excluding hydrogens is 292 g/mol. The van der Waals surface area contributed by atoms with Crippen molar-refractivity contribution in [2.24, 2.45) is 0 Å². The lowest BCUT2D eigenvalue weighted by molar-refractivity contribution is 0.112. The van der Waals surface area contributed by atoms with Crippen molar-refractivity contribution in [3.63, 3.8) is 0 Å². The lowest BCUT2D eigenvalue weighted by Crippen LogP contribution is -2.01. The summed E-state index contributed by atoms with van der Waals surface area (Å²) >= 11 is 3.40. The van der Waals surface area contributed by atoms with Gasteiger partial charge in [0.25, 0.3) is 0 Å². The molecule has 3 heteroatoms. The van der Waals surface area contributed by atoms with Gasteiger partial charge in [-0.25, -0.2) is 0 Å². The summed E-state index contributed by atoms with van der Waals surface area (Å²) in [7, 11) is 0. The van der Waals surface area contributed by atoms with Crippen LogP contribution >= 0.6 is 15.9 Å². The van der Waals surface area contributed by atoms with E-state index in [1.54, 1.807) is 0 Å². The van der Waals surface area contributed by atoms with E-state index in [9.17, 15) is 4.79 Å². The monoisotopic (exact) mass is 304 g/mol. The molecule has 0 atom stereocenters. The zero-order valence-corrected chi connectivity index (χ0v) is 11.4. The van der Waals surface area contributed by atoms with Crippen LogP contribution in [0.3, 0.4) is 0 Å². The molecule has 0 aliphatic heterocycles. The highest BCUT2D eigenvalue weighted by Gasteiger charge is 1.97. The molecule has 2 aromatic carbocycles. The number of aldehydes is 1. The van der Waals surface area contributed by atoms with Crippen molar-refractivity contribution in [1.29, 1.82) is 0 Å². The van der Waals surface area contributed by atoms with Gasteiger partial charge < -0.3 is 4.74 Å². The summed E-state index contributed by atoms with van der Waals surface area (Å²) in [5.41, 5.74) is 1.86. The Morgan fingerprint density at radius 3 is 2.56 bits per heavy atom. The van der Waals surface area contributed by atoms with Crippen molar-refractivity contribution in [3.05, 3.63) is 64.1 Å². The molecule has 0 radical (unpaired) electrons. The molecular formula is C15H13BrO2. The zero-order chi connectivity index (χ0) is 12.8. The summed E-state index contributed by atoms with van der Waals surface area (Å²) in [6.07, 6.45) is 1.67. The molecule has 0 saturated carbocycles. The van der Waals surface area contributed by atoms with Gasteiger partial charge in [-0.05, 0) is 23.8 Å². The molecule has 0 bridgehead atoms. The lowest BCUT2D eigenvalue weighted by Gasteiger charge is -2.06. The van der Waals surface area contributed by atoms with E-state index in [0.29, 0.717) is 12.2 Å². The second kappa shape index (κ2) is 6.36. The smallest absolute Gasteiger partial charge is 0.150 e. The van der Waals surface area contributed by atoms with Crippen LogP contribution in [0.4, 0.5) is 0 Å². The van der Waals surface area contributed by atoms with Crippen molar-refractivity contribution in [2.75, 3.05) is 6.61 Å². The molecule has 0 N–H and O–H groups in total. The quantitative estimate of drug-likeness (QED) is 0.784. The topological polar surface area (TPSA) is 26.3 Å². The number of carbonyl (C=O) groups excluding carboxylic acids is 1. The number of hydrogen-bond donors (Lipinski definition) is 0. The lowest BCUT2D eigenvalue weighted by atomic mass is 10.1. The third-order valence-electron chi connectivity index (χ3n) is 2.57. The fourth-order valence-electron chi connectivity index (χ4n) is 1.61. The van der Waals surface area contributed by atoms with Gasteiger partial charge in [0.15, 0.2) is 0 Å². The Morgan fingerprint density at radius 2 is 1.89 bits per heavy atom. The van der Waals surface area contributed by atoms with Crippen molar-refractivity contribution in [2.45, 2.75) is 6.42 Å². The van der Waals surface area contributed by atoms with Crippen LogP contribution in [0.2, 0.25) is 0 Å². The van der Waals surface area contributed by atoms with Crippen LogP contribution in [0.15, 0.2) is 53.0 Å². The maximum atomic E-state index is 10.5. The SMILES string of the molecule is O=Cc1ccc(CCOc2cccc(Br)c2)cc1. The Hall–Kier alpha value is -1.61. The highest BCUT2D eigenvalue weighted by molar-refractivity contribution is 9.10. The van der Waals surface area contributed by atoms with E-state index in [-0.39, 0.29) is 0 Å². The summed E-state index contributed by atoms with van der Waals surface area (Å²) in [5.74, 6) is 0.855. The molecule has 0 aliphatic rings. The molecule has 0 heterocycles. The molecule has 0 aromatic heterocycles. The van der Waals surface area contributed by atoms with Gasteiger partial charge in [-0.15, -0.1) is 0 Å². The Balaban J connectivity index is 1.86. The molecule has 18 heavy (non-hydrogen) atoms. The fourth-order valence-corrected chi connectivity index (χ4v) is 1.98. The van der Waals surface area contributed by atoms with Crippen LogP contribution in [-0.2, 0) is 6.42 Å². The summed E-state index contributed by atoms with van der Waals surface area (Å²) < 4.78 is 6.66. The largest absolute Gasteiger partial charge is 0.493 e. The van der Waals surface area contributed by atoms with E-state index in [0.717, 1.165) is 28.5 Å². The van der Waals surface area contributed by atoms with Gasteiger partial charge in [0, 0.05) is 16.5 Å². The van der Waals surface area contributed by atoms with Crippen LogP contribution < -0.4 is 4.74 Å². The van der Waals surface area contributed by atoms with Crippen molar-refractivity contribution in [3.8, 4) is 5.75 Å². The first kappa shape index (κ1) is 12.8. The van der Waals surface area contributed by atoms with E-state index in [1.165, 1.54) is 0 Å². The summed E-state index contributed by atoms with van der Waals surface area (Å²) in [6, 6.07) is 15.3. The second-order valence-electron chi connectivity index (χ2n) is 3.92. The van der Waals surface area contributed by atoms with Crippen LogP contribution in [-0.4, -0.2) is 12.9 Å². The average molecular weight is 305 g/mol. The van der Waals surface area contributed by atoms with Crippen molar-refractivity contribution < 1.29 is 9.53 Å². The van der Waals surface area contributed by atoms with Gasteiger partial charge in [0.2, 0.25) is 0 Å². The van der Waals surface area contributed by atoms with E-state index in [4.69, 9.17) is 4.74 Å². The van der Waals surface area contributed by atoms with E-state index in [2.05, 4.69) is 15.9 Å². The molecule has 0 spiro atoms. The standard InChI is InChI=1S/C15H13BrO2/c16-14-2-1-3-15(10-14)18-9-8-12-4-6-13(11-17)7-5-12/h1-7,10-11H,8-9H2. The zero-order valence-electron chi connectivity index (χ0n) is 9.80. The number of benzene rings is 2. The maximum absolute atomic E-state index is 10.5. The summed E-state index contributed by atoms with van der Waals surface area (Å²) in [5, 5.41) is 0. The first-order valence-electron chi connectivity index (χ1n) is 5.70. The minimum Gasteiger partial charge on any atom is -0.493 e. The maximum Gasteiger partial charge on any atom is 0.150 e. The molecule has 2 nitrogen and oxygen atoms in total. The second-order valence-corrected chi connectivity index (χ2v) is 4.83. The minimum absolute atomic E-state index is 0.622. The molecule has 0 aliphatic carbocycles. The molecule has 0 amide bonds. The van der Waals surface area contributed by atoms with E-state index in [1.807, 2.05) is 48.5 Å². The number of hydrogen-bond acceptors (Lipinski definition) is 2. The number of halogens is 1. The van der Waals surface area contributed by atoms with Crippen molar-refractivity contribution >= 4 is 22.2 Å².